The number of hydrogen-bond donors (Lipinski definition) is 1. The topological polar surface area (TPSA) is 47.6 Å². The molecule has 2 rings (SSSR count). The summed E-state index contributed by atoms with van der Waals surface area (Å²) in [7, 11) is -0.421. The van der Waals surface area contributed by atoms with Crippen LogP contribution in [0.3, 0.4) is 0 Å². The summed E-state index contributed by atoms with van der Waals surface area (Å²) in [6.45, 7) is 14.4. The smallest absolute Gasteiger partial charge is 0.402 e. The maximum atomic E-state index is 12.8. The molecule has 1 amide bonds. The minimum Gasteiger partial charge on any atom is -0.402 e. The predicted octanol–water partition coefficient (Wildman–Crippen LogP) is 4.03. The first-order chi connectivity index (χ1) is 12.0. The molecule has 1 aliphatic rings. The zero-order valence-electron chi connectivity index (χ0n) is 17.3. The number of benzene rings is 1. The van der Waals surface area contributed by atoms with Crippen molar-refractivity contribution in [3.8, 4) is 0 Å². The van der Waals surface area contributed by atoms with Crippen LogP contribution in [0.4, 0.5) is 0 Å². The molecule has 0 aliphatic carbocycles. The minimum atomic E-state index is -0.421. The third kappa shape index (κ3) is 5.11. The number of hydrogen-bond acceptors (Lipinski definition) is 3. The van der Waals surface area contributed by atoms with Crippen molar-refractivity contribution < 1.29 is 14.1 Å². The molecule has 1 aliphatic heterocycles. The van der Waals surface area contributed by atoms with Gasteiger partial charge in [-0.05, 0) is 52.0 Å². The van der Waals surface area contributed by atoms with E-state index in [1.54, 1.807) is 0 Å². The van der Waals surface area contributed by atoms with Crippen molar-refractivity contribution in [1.82, 2.24) is 5.32 Å². The molecule has 4 nitrogen and oxygen atoms in total. The molecule has 2 atom stereocenters. The van der Waals surface area contributed by atoms with E-state index < -0.39 is 18.3 Å². The van der Waals surface area contributed by atoms with Crippen LogP contribution in [0.1, 0.15) is 60.5 Å². The Bertz CT molecular complexity index is 585. The lowest BCUT2D eigenvalue weighted by atomic mass is 9.73. The molecule has 1 aromatic rings. The summed E-state index contributed by atoms with van der Waals surface area (Å²) in [5.74, 6) is 0.231. The Labute approximate surface area is 159 Å². The van der Waals surface area contributed by atoms with Crippen LogP contribution in [0.25, 0.3) is 0 Å². The molecule has 26 heavy (non-hydrogen) atoms. The summed E-state index contributed by atoms with van der Waals surface area (Å²) in [4.78, 5) is 12.8. The summed E-state index contributed by atoms with van der Waals surface area (Å²) in [6.07, 6.45) is 1.55. The molecule has 1 fully saturated rings. The summed E-state index contributed by atoms with van der Waals surface area (Å²) in [6, 6.07) is 10.1. The van der Waals surface area contributed by atoms with Gasteiger partial charge in [0.1, 0.15) is 0 Å². The molecule has 5 heteroatoms. The van der Waals surface area contributed by atoms with E-state index in [9.17, 15) is 4.79 Å². The van der Waals surface area contributed by atoms with Gasteiger partial charge < -0.3 is 14.6 Å². The predicted molar refractivity (Wildman–Crippen MR) is 107 cm³/mol. The van der Waals surface area contributed by atoms with Gasteiger partial charge in [-0.3, -0.25) is 4.79 Å². The van der Waals surface area contributed by atoms with Crippen LogP contribution in [-0.4, -0.2) is 30.2 Å². The van der Waals surface area contributed by atoms with Gasteiger partial charge in [-0.1, -0.05) is 51.1 Å². The molecular formula is C21H34BNO3. The Kier molecular flexibility index (Phi) is 6.57. The normalized spacial score (nSPS) is 20.8. The van der Waals surface area contributed by atoms with Crippen LogP contribution < -0.4 is 5.32 Å². The lowest BCUT2D eigenvalue weighted by molar-refractivity contribution is -0.125. The van der Waals surface area contributed by atoms with Crippen LogP contribution in [0.2, 0.25) is 0 Å². The number of carbonyl (C=O) groups excluding carboxylic acids is 1. The summed E-state index contributed by atoms with van der Waals surface area (Å²) < 4.78 is 12.4. The maximum absolute atomic E-state index is 12.8. The average molecular weight is 359 g/mol. The lowest BCUT2D eigenvalue weighted by Crippen LogP contribution is -2.50. The van der Waals surface area contributed by atoms with Crippen molar-refractivity contribution in [3.63, 3.8) is 0 Å². The zero-order valence-corrected chi connectivity index (χ0v) is 17.3. The van der Waals surface area contributed by atoms with Gasteiger partial charge in [-0.25, -0.2) is 0 Å². The molecule has 0 spiro atoms. The number of amides is 1. The van der Waals surface area contributed by atoms with Gasteiger partial charge in [0.15, 0.2) is 0 Å². The fourth-order valence-corrected chi connectivity index (χ4v) is 3.18. The summed E-state index contributed by atoms with van der Waals surface area (Å²) in [5.41, 5.74) is 0.381. The molecule has 144 valence electrons. The van der Waals surface area contributed by atoms with Crippen LogP contribution in [0.5, 0.6) is 0 Å². The van der Waals surface area contributed by atoms with E-state index in [-0.39, 0.29) is 17.8 Å². The van der Waals surface area contributed by atoms with Crippen LogP contribution >= 0.6 is 0 Å². The van der Waals surface area contributed by atoms with E-state index in [0.717, 1.165) is 12.8 Å². The highest BCUT2D eigenvalue weighted by Gasteiger charge is 2.54. The van der Waals surface area contributed by atoms with Gasteiger partial charge in [0.05, 0.1) is 17.1 Å². The highest BCUT2D eigenvalue weighted by atomic mass is 16.7. The van der Waals surface area contributed by atoms with Crippen molar-refractivity contribution in [2.24, 2.45) is 11.8 Å². The van der Waals surface area contributed by atoms with Crippen molar-refractivity contribution >= 4 is 13.0 Å². The SMILES string of the molecule is CC(C)CC(NC(=O)[C@@H](C)Cc1ccccc1)B1OC(C)(C)C(C)(C)O1. The van der Waals surface area contributed by atoms with Gasteiger partial charge in [0.25, 0.3) is 0 Å². The first kappa shape index (κ1) is 21.0. The molecule has 1 N–H and O–H groups in total. The average Bonchev–Trinajstić information content (AvgIpc) is 2.75. The van der Waals surface area contributed by atoms with Crippen molar-refractivity contribution in [1.29, 1.82) is 0 Å². The second-order valence-electron chi connectivity index (χ2n) is 8.96. The number of rotatable bonds is 7. The van der Waals surface area contributed by atoms with E-state index in [1.165, 1.54) is 5.56 Å². The standard InChI is InChI=1S/C21H34BNO3/c1-15(2)13-18(22-25-20(4,5)21(6,7)26-22)23-19(24)16(3)14-17-11-9-8-10-12-17/h8-12,15-16,18H,13-14H2,1-7H3,(H,23,24)/t16-,18?/m0/s1. The molecular weight excluding hydrogens is 325 g/mol. The molecule has 0 bridgehead atoms. The van der Waals surface area contributed by atoms with Crippen molar-refractivity contribution in [2.75, 3.05) is 0 Å². The highest BCUT2D eigenvalue weighted by Crippen LogP contribution is 2.38. The Hall–Kier alpha value is -1.33. The van der Waals surface area contributed by atoms with E-state index in [1.807, 2.05) is 52.8 Å². The molecule has 1 aromatic carbocycles. The Morgan fingerprint density at radius 3 is 2.08 bits per heavy atom. The van der Waals surface area contributed by atoms with Crippen LogP contribution in [0, 0.1) is 11.8 Å². The van der Waals surface area contributed by atoms with E-state index in [4.69, 9.17) is 9.31 Å². The van der Waals surface area contributed by atoms with E-state index in [0.29, 0.717) is 5.92 Å². The van der Waals surface area contributed by atoms with Crippen LogP contribution in [-0.2, 0) is 20.5 Å². The Balaban J connectivity index is 2.04. The number of carbonyl (C=O) groups is 1. The summed E-state index contributed by atoms with van der Waals surface area (Å²) in [5, 5.41) is 3.20. The second-order valence-corrected chi connectivity index (χ2v) is 8.96. The molecule has 0 aromatic heterocycles. The molecule has 1 heterocycles. The van der Waals surface area contributed by atoms with E-state index in [2.05, 4.69) is 31.3 Å². The third-order valence-corrected chi connectivity index (χ3v) is 5.49. The first-order valence-corrected chi connectivity index (χ1v) is 9.72. The monoisotopic (exact) mass is 359 g/mol. The number of nitrogens with one attached hydrogen (secondary N) is 1. The molecule has 0 radical (unpaired) electrons. The van der Waals surface area contributed by atoms with Gasteiger partial charge in [-0.15, -0.1) is 0 Å². The lowest BCUT2D eigenvalue weighted by Gasteiger charge is -2.32. The van der Waals surface area contributed by atoms with E-state index >= 15 is 0 Å². The maximum Gasteiger partial charge on any atom is 0.481 e. The van der Waals surface area contributed by atoms with Gasteiger partial charge in [0, 0.05) is 5.92 Å². The molecule has 0 saturated carbocycles. The molecule has 1 unspecified atom stereocenters. The van der Waals surface area contributed by atoms with Crippen molar-refractivity contribution in [2.45, 2.75) is 78.5 Å². The summed E-state index contributed by atoms with van der Waals surface area (Å²) >= 11 is 0. The third-order valence-electron chi connectivity index (χ3n) is 5.49. The Morgan fingerprint density at radius 2 is 1.58 bits per heavy atom. The highest BCUT2D eigenvalue weighted by molar-refractivity contribution is 6.48. The quantitative estimate of drug-likeness (QED) is 0.748. The zero-order chi connectivity index (χ0) is 19.5. The Morgan fingerprint density at radius 1 is 1.04 bits per heavy atom. The second kappa shape index (κ2) is 8.14. The largest absolute Gasteiger partial charge is 0.481 e. The molecule has 1 saturated heterocycles. The first-order valence-electron chi connectivity index (χ1n) is 9.72. The fourth-order valence-electron chi connectivity index (χ4n) is 3.18. The minimum absolute atomic E-state index is 0.0502. The van der Waals surface area contributed by atoms with Gasteiger partial charge >= 0.3 is 7.12 Å². The van der Waals surface area contributed by atoms with Crippen molar-refractivity contribution in [3.05, 3.63) is 35.9 Å². The van der Waals surface area contributed by atoms with Crippen LogP contribution in [0.15, 0.2) is 30.3 Å². The fraction of sp³-hybridized carbons (Fsp3) is 0.667. The van der Waals surface area contributed by atoms with Gasteiger partial charge in [0.2, 0.25) is 5.91 Å². The van der Waals surface area contributed by atoms with Gasteiger partial charge in [-0.2, -0.15) is 0 Å².